The molecule has 0 atom stereocenters. The molecule has 0 saturated heterocycles. The minimum atomic E-state index is 0. The zero-order chi connectivity index (χ0) is 8.55. The Kier molecular flexibility index (Phi) is 2.81. The maximum Gasteiger partial charge on any atom is 0.0663 e. The lowest BCUT2D eigenvalue weighted by atomic mass is 10.0. The van der Waals surface area contributed by atoms with Crippen molar-refractivity contribution in [2.75, 3.05) is 0 Å². The fraction of sp³-hybridized carbons (Fsp3) is 0.364. The van der Waals surface area contributed by atoms with E-state index >= 15 is 0 Å². The summed E-state index contributed by atoms with van der Waals surface area (Å²) in [6.07, 6.45) is 2.28. The van der Waals surface area contributed by atoms with Gasteiger partial charge in [-0.15, -0.1) is 0 Å². The molecular weight excluding hydrogens is 165 g/mol. The van der Waals surface area contributed by atoms with Crippen LogP contribution in [0.4, 0.5) is 10.4 Å². The van der Waals surface area contributed by atoms with Crippen LogP contribution in [0, 0.1) is 6.92 Å². The summed E-state index contributed by atoms with van der Waals surface area (Å²) < 4.78 is 0. The molecule has 2 heteroatoms. The third kappa shape index (κ3) is 1.94. The molecule has 0 spiro atoms. The predicted molar refractivity (Wildman–Crippen MR) is 54.8 cm³/mol. The third-order valence-corrected chi connectivity index (χ3v) is 2.31. The van der Waals surface area contributed by atoms with Gasteiger partial charge in [0.15, 0.2) is 0 Å². The number of aliphatic imine (C=N–C) groups is 1. The molecule has 13 heavy (non-hydrogen) atoms. The molecule has 0 aliphatic carbocycles. The fourth-order valence-electron chi connectivity index (χ4n) is 1.57. The second-order valence-corrected chi connectivity index (χ2v) is 3.48. The van der Waals surface area contributed by atoms with Gasteiger partial charge in [-0.3, -0.25) is 9.70 Å². The first kappa shape index (κ1) is 9.90. The van der Waals surface area contributed by atoms with E-state index in [0.717, 1.165) is 12.8 Å². The lowest BCUT2D eigenvalue weighted by Crippen LogP contribution is -2.01. The fourth-order valence-corrected chi connectivity index (χ4v) is 1.57. The molecule has 1 heterocycles. The van der Waals surface area contributed by atoms with Gasteiger partial charge < -0.3 is 0 Å². The third-order valence-electron chi connectivity index (χ3n) is 2.31. The monoisotopic (exact) mass is 179 g/mol. The van der Waals surface area contributed by atoms with Gasteiger partial charge >= 0.3 is 0 Å². The number of halogens is 1. The van der Waals surface area contributed by atoms with Crippen LogP contribution < -0.4 is 0 Å². The van der Waals surface area contributed by atoms with Crippen molar-refractivity contribution in [3.63, 3.8) is 0 Å². The molecule has 0 bridgehead atoms. The Labute approximate surface area is 77.9 Å². The summed E-state index contributed by atoms with van der Waals surface area (Å²) in [4.78, 5) is 4.52. The van der Waals surface area contributed by atoms with E-state index in [4.69, 9.17) is 0 Å². The lowest BCUT2D eigenvalue weighted by Gasteiger charge is -2.12. The first-order chi connectivity index (χ1) is 5.75. The van der Waals surface area contributed by atoms with Crippen molar-refractivity contribution in [3.8, 4) is 0 Å². The van der Waals surface area contributed by atoms with Gasteiger partial charge in [-0.05, 0) is 43.9 Å². The smallest absolute Gasteiger partial charge is 0.0663 e. The van der Waals surface area contributed by atoms with E-state index in [-0.39, 0.29) is 4.70 Å². The van der Waals surface area contributed by atoms with Crippen LogP contribution >= 0.6 is 0 Å². The van der Waals surface area contributed by atoms with E-state index in [0.29, 0.717) is 0 Å². The minimum absolute atomic E-state index is 0. The molecule has 1 nitrogen and oxygen atoms in total. The number of benzene rings is 1. The van der Waals surface area contributed by atoms with Crippen molar-refractivity contribution in [2.24, 2.45) is 4.99 Å². The molecule has 1 aromatic rings. The molecule has 1 aromatic carbocycles. The van der Waals surface area contributed by atoms with Crippen LogP contribution in [0.5, 0.6) is 0 Å². The number of aryl methyl sites for hydroxylation is 2. The van der Waals surface area contributed by atoms with E-state index in [9.17, 15) is 0 Å². The Bertz CT molecular complexity index is 342. The first-order valence-corrected chi connectivity index (χ1v) is 4.39. The van der Waals surface area contributed by atoms with Gasteiger partial charge in [0.2, 0.25) is 0 Å². The highest BCUT2D eigenvalue weighted by molar-refractivity contribution is 5.87. The minimum Gasteiger partial charge on any atom is -0.269 e. The van der Waals surface area contributed by atoms with E-state index < -0.39 is 0 Å². The summed E-state index contributed by atoms with van der Waals surface area (Å²) in [5, 5.41) is 0. The summed E-state index contributed by atoms with van der Waals surface area (Å²) >= 11 is 0. The molecule has 0 N–H and O–H groups in total. The molecule has 0 unspecified atom stereocenters. The van der Waals surface area contributed by atoms with Gasteiger partial charge in [0.05, 0.1) is 5.69 Å². The Balaban J connectivity index is 0.000000845. The molecule has 1 aliphatic heterocycles. The summed E-state index contributed by atoms with van der Waals surface area (Å²) in [7, 11) is 0. The van der Waals surface area contributed by atoms with Gasteiger partial charge in [-0.2, -0.15) is 0 Å². The highest BCUT2D eigenvalue weighted by Crippen LogP contribution is 2.26. The Morgan fingerprint density at radius 1 is 1.15 bits per heavy atom. The molecule has 2 rings (SSSR count). The average molecular weight is 179 g/mol. The van der Waals surface area contributed by atoms with E-state index in [2.05, 4.69) is 37.0 Å². The summed E-state index contributed by atoms with van der Waals surface area (Å²) in [6.45, 7) is 4.21. The van der Waals surface area contributed by atoms with Crippen molar-refractivity contribution >= 4 is 11.4 Å². The van der Waals surface area contributed by atoms with Gasteiger partial charge in [0, 0.05) is 5.71 Å². The average Bonchev–Trinajstić information content (AvgIpc) is 2.03. The zero-order valence-electron chi connectivity index (χ0n) is 8.00. The first-order valence-electron chi connectivity index (χ1n) is 4.39. The van der Waals surface area contributed by atoms with Crippen molar-refractivity contribution in [3.05, 3.63) is 29.3 Å². The second kappa shape index (κ2) is 3.69. The topological polar surface area (TPSA) is 12.4 Å². The maximum absolute atomic E-state index is 4.52. The number of fused-ring (bicyclic) bond motifs is 1. The van der Waals surface area contributed by atoms with Crippen LogP contribution in [-0.4, -0.2) is 5.71 Å². The van der Waals surface area contributed by atoms with Crippen LogP contribution in [0.1, 0.15) is 24.5 Å². The van der Waals surface area contributed by atoms with E-state index in [1.807, 2.05) is 0 Å². The zero-order valence-corrected chi connectivity index (χ0v) is 8.00. The van der Waals surface area contributed by atoms with Gasteiger partial charge in [-0.1, -0.05) is 12.1 Å². The van der Waals surface area contributed by atoms with Crippen molar-refractivity contribution < 1.29 is 4.70 Å². The largest absolute Gasteiger partial charge is 0.269 e. The SMILES string of the molecule is CC1=Nc2cc(C)ccc2CC1.F. The Morgan fingerprint density at radius 2 is 1.92 bits per heavy atom. The van der Waals surface area contributed by atoms with Crippen LogP contribution in [-0.2, 0) is 6.42 Å². The molecule has 0 amide bonds. The lowest BCUT2D eigenvalue weighted by molar-refractivity contribution is 1.000. The van der Waals surface area contributed by atoms with Crippen molar-refractivity contribution in [2.45, 2.75) is 26.7 Å². The summed E-state index contributed by atoms with van der Waals surface area (Å²) in [5.41, 5.74) is 5.13. The highest BCUT2D eigenvalue weighted by atomic mass is 19.0. The summed E-state index contributed by atoms with van der Waals surface area (Å²) in [5.74, 6) is 0. The normalized spacial score (nSPS) is 14.2. The van der Waals surface area contributed by atoms with Gasteiger partial charge in [0.25, 0.3) is 0 Å². The molecule has 0 radical (unpaired) electrons. The molecule has 0 saturated carbocycles. The van der Waals surface area contributed by atoms with E-state index in [1.54, 1.807) is 0 Å². The van der Waals surface area contributed by atoms with Gasteiger partial charge in [0.1, 0.15) is 0 Å². The Hall–Kier alpha value is -1.18. The van der Waals surface area contributed by atoms with Crippen LogP contribution in [0.2, 0.25) is 0 Å². The molecule has 1 aliphatic rings. The number of hydrogen-bond donors (Lipinski definition) is 0. The molecule has 0 aromatic heterocycles. The van der Waals surface area contributed by atoms with Crippen LogP contribution in [0.3, 0.4) is 0 Å². The number of rotatable bonds is 0. The van der Waals surface area contributed by atoms with Crippen molar-refractivity contribution in [1.29, 1.82) is 0 Å². The Morgan fingerprint density at radius 3 is 2.69 bits per heavy atom. The van der Waals surface area contributed by atoms with Crippen molar-refractivity contribution in [1.82, 2.24) is 0 Å². The molecule has 70 valence electrons. The highest BCUT2D eigenvalue weighted by Gasteiger charge is 2.07. The van der Waals surface area contributed by atoms with Crippen LogP contribution in [0.25, 0.3) is 0 Å². The quantitative estimate of drug-likeness (QED) is 0.580. The predicted octanol–water partition coefficient (Wildman–Crippen LogP) is 3.19. The number of hydrogen-bond acceptors (Lipinski definition) is 1. The van der Waals surface area contributed by atoms with Crippen LogP contribution in [0.15, 0.2) is 23.2 Å². The number of nitrogens with zero attached hydrogens (tertiary/aromatic N) is 1. The van der Waals surface area contributed by atoms with Gasteiger partial charge in [-0.25, -0.2) is 0 Å². The summed E-state index contributed by atoms with van der Waals surface area (Å²) in [6, 6.07) is 6.52. The second-order valence-electron chi connectivity index (χ2n) is 3.48. The van der Waals surface area contributed by atoms with E-state index in [1.165, 1.54) is 22.5 Å². The molecular formula is C11H14FN. The maximum atomic E-state index is 4.52. The standard InChI is InChI=1S/C11H13N.FH/c1-8-3-5-10-6-4-9(2)12-11(10)7-8;/h3,5,7H,4,6H2,1-2H3;1H. The molecule has 0 fully saturated rings.